The molecule has 26 heavy (non-hydrogen) atoms. The van der Waals surface area contributed by atoms with Crippen molar-refractivity contribution in [3.8, 4) is 0 Å². The van der Waals surface area contributed by atoms with Crippen LogP contribution in [0.4, 0.5) is 10.8 Å². The Morgan fingerprint density at radius 2 is 2.00 bits per heavy atom. The summed E-state index contributed by atoms with van der Waals surface area (Å²) in [5.41, 5.74) is 2.46. The zero-order valence-corrected chi connectivity index (χ0v) is 16.3. The van der Waals surface area contributed by atoms with E-state index >= 15 is 0 Å². The smallest absolute Gasteiger partial charge is 0.230 e. The Hall–Kier alpha value is -1.57. The molecule has 2 aliphatic heterocycles. The van der Waals surface area contributed by atoms with Gasteiger partial charge in [-0.3, -0.25) is 4.79 Å². The van der Waals surface area contributed by atoms with E-state index in [4.69, 9.17) is 0 Å². The molecule has 1 aromatic heterocycles. The molecule has 3 aliphatic rings. The number of hydrogen-bond donors (Lipinski definition) is 0. The summed E-state index contributed by atoms with van der Waals surface area (Å²) in [6.45, 7) is 4.97. The lowest BCUT2D eigenvalue weighted by atomic mass is 10.2. The molecule has 7 heteroatoms. The molecule has 2 aromatic rings. The Kier molecular flexibility index (Phi) is 4.38. The molecule has 0 atom stereocenters. The number of carbonyl (C=O) groups is 1. The predicted octanol–water partition coefficient (Wildman–Crippen LogP) is 3.27. The lowest BCUT2D eigenvalue weighted by Crippen LogP contribution is -2.43. The lowest BCUT2D eigenvalue weighted by Gasteiger charge is -2.33. The Balaban J connectivity index is 1.21. The molecular weight excluding hydrogens is 364 g/mol. The number of anilines is 2. The van der Waals surface area contributed by atoms with Crippen molar-refractivity contribution in [2.45, 2.75) is 24.2 Å². The minimum absolute atomic E-state index is 0.295. The number of carbonyl (C=O) groups excluding carboxylic acids is 1. The highest BCUT2D eigenvalue weighted by atomic mass is 32.2. The quantitative estimate of drug-likeness (QED) is 0.754. The molecule has 0 spiro atoms. The molecular formula is C19H22N4OS2. The fraction of sp³-hybridized carbons (Fsp3) is 0.474. The predicted molar refractivity (Wildman–Crippen MR) is 107 cm³/mol. The van der Waals surface area contributed by atoms with Gasteiger partial charge in [0.25, 0.3) is 0 Å². The number of fused-ring (bicyclic) bond motifs is 1. The van der Waals surface area contributed by atoms with Gasteiger partial charge in [0.05, 0.1) is 0 Å². The van der Waals surface area contributed by atoms with Crippen LogP contribution in [0.3, 0.4) is 0 Å². The van der Waals surface area contributed by atoms with Gasteiger partial charge >= 0.3 is 0 Å². The normalized spacial score (nSPS) is 20.5. The van der Waals surface area contributed by atoms with E-state index in [0.29, 0.717) is 11.8 Å². The average Bonchev–Trinajstić information content (AvgIpc) is 3.21. The van der Waals surface area contributed by atoms with Crippen LogP contribution in [0.15, 0.2) is 34.7 Å². The van der Waals surface area contributed by atoms with Gasteiger partial charge in [-0.15, -0.1) is 11.3 Å². The van der Waals surface area contributed by atoms with Gasteiger partial charge in [0.1, 0.15) is 0 Å². The van der Waals surface area contributed by atoms with Crippen LogP contribution in [0.25, 0.3) is 0 Å². The summed E-state index contributed by atoms with van der Waals surface area (Å²) in [7, 11) is 0. The molecule has 5 rings (SSSR count). The monoisotopic (exact) mass is 386 g/mol. The van der Waals surface area contributed by atoms with Crippen LogP contribution in [0, 0.1) is 5.92 Å². The van der Waals surface area contributed by atoms with Crippen LogP contribution in [0.2, 0.25) is 0 Å². The van der Waals surface area contributed by atoms with Crippen LogP contribution in [-0.4, -0.2) is 47.9 Å². The van der Waals surface area contributed by atoms with Gasteiger partial charge in [0, 0.05) is 60.8 Å². The van der Waals surface area contributed by atoms with Gasteiger partial charge < -0.3 is 9.80 Å². The highest BCUT2D eigenvalue weighted by Gasteiger charge is 2.36. The van der Waals surface area contributed by atoms with Crippen molar-refractivity contribution in [1.82, 2.24) is 9.29 Å². The molecule has 0 bridgehead atoms. The summed E-state index contributed by atoms with van der Waals surface area (Å²) in [5, 5.41) is 3.17. The Labute approximate surface area is 162 Å². The topological polar surface area (TPSA) is 39.7 Å². The van der Waals surface area contributed by atoms with Gasteiger partial charge in [-0.25, -0.2) is 9.29 Å². The van der Waals surface area contributed by atoms with Gasteiger partial charge in [0.2, 0.25) is 5.91 Å². The molecule has 1 amide bonds. The Morgan fingerprint density at radius 3 is 2.73 bits per heavy atom. The number of hydrogen-bond acceptors (Lipinski definition) is 6. The molecule has 3 heterocycles. The molecule has 136 valence electrons. The van der Waals surface area contributed by atoms with E-state index in [1.54, 1.807) is 11.3 Å². The summed E-state index contributed by atoms with van der Waals surface area (Å²) in [6, 6.07) is 6.61. The van der Waals surface area contributed by atoms with Crippen LogP contribution < -0.4 is 9.80 Å². The van der Waals surface area contributed by atoms with Crippen molar-refractivity contribution < 1.29 is 4.79 Å². The first-order valence-electron chi connectivity index (χ1n) is 9.29. The molecule has 1 aromatic carbocycles. The first kappa shape index (κ1) is 16.6. The number of benzene rings is 1. The standard InChI is InChI=1S/C19H22N4OS2/c24-18(14-1-2-14)23-7-5-15-13-16(3-4-17(15)23)26-22-10-8-21(9-11-22)19-20-6-12-25-19/h3-4,6,12-14H,1-2,5,7-11H2. The maximum atomic E-state index is 12.4. The molecule has 1 saturated carbocycles. The highest BCUT2D eigenvalue weighted by Crippen LogP contribution is 2.38. The number of amides is 1. The van der Waals surface area contributed by atoms with E-state index in [1.165, 1.54) is 10.5 Å². The van der Waals surface area contributed by atoms with E-state index < -0.39 is 0 Å². The lowest BCUT2D eigenvalue weighted by molar-refractivity contribution is -0.119. The van der Waals surface area contributed by atoms with Crippen molar-refractivity contribution in [1.29, 1.82) is 0 Å². The summed E-state index contributed by atoms with van der Waals surface area (Å²) >= 11 is 3.56. The van der Waals surface area contributed by atoms with Gasteiger partial charge in [-0.05, 0) is 55.0 Å². The SMILES string of the molecule is O=C(C1CC1)N1CCc2cc(SN3CCN(c4nccs4)CC3)ccc21. The van der Waals surface area contributed by atoms with Crippen LogP contribution >= 0.6 is 23.3 Å². The minimum Gasteiger partial charge on any atom is -0.345 e. The summed E-state index contributed by atoms with van der Waals surface area (Å²) in [4.78, 5) is 22.5. The minimum atomic E-state index is 0.295. The van der Waals surface area contributed by atoms with E-state index in [1.807, 2.05) is 28.4 Å². The third kappa shape index (κ3) is 3.23. The Bertz CT molecular complexity index is 798. The van der Waals surface area contributed by atoms with Gasteiger partial charge in [-0.1, -0.05) is 0 Å². The van der Waals surface area contributed by atoms with Crippen molar-refractivity contribution in [2.75, 3.05) is 42.5 Å². The largest absolute Gasteiger partial charge is 0.345 e. The summed E-state index contributed by atoms with van der Waals surface area (Å²) < 4.78 is 2.44. The highest BCUT2D eigenvalue weighted by molar-refractivity contribution is 7.97. The number of rotatable bonds is 4. The molecule has 2 fully saturated rings. The number of aromatic nitrogens is 1. The zero-order valence-electron chi connectivity index (χ0n) is 14.6. The van der Waals surface area contributed by atoms with E-state index in [-0.39, 0.29) is 0 Å². The van der Waals surface area contributed by atoms with Crippen LogP contribution in [0.5, 0.6) is 0 Å². The van der Waals surface area contributed by atoms with Gasteiger partial charge in [0.15, 0.2) is 5.13 Å². The summed E-state index contributed by atoms with van der Waals surface area (Å²) in [5.74, 6) is 0.631. The molecule has 0 unspecified atom stereocenters. The fourth-order valence-electron chi connectivity index (χ4n) is 3.71. The molecule has 0 radical (unpaired) electrons. The molecule has 1 aliphatic carbocycles. The van der Waals surface area contributed by atoms with E-state index in [9.17, 15) is 4.79 Å². The Morgan fingerprint density at radius 1 is 1.15 bits per heavy atom. The van der Waals surface area contributed by atoms with Crippen LogP contribution in [-0.2, 0) is 11.2 Å². The third-order valence-corrected chi connectivity index (χ3v) is 7.22. The number of thiazole rings is 1. The third-order valence-electron chi connectivity index (χ3n) is 5.30. The first-order valence-corrected chi connectivity index (χ1v) is 10.9. The maximum Gasteiger partial charge on any atom is 0.230 e. The average molecular weight is 387 g/mol. The molecule has 1 saturated heterocycles. The van der Waals surface area contributed by atoms with Gasteiger partial charge in [-0.2, -0.15) is 0 Å². The van der Waals surface area contributed by atoms with Crippen molar-refractivity contribution in [2.24, 2.45) is 5.92 Å². The second-order valence-electron chi connectivity index (χ2n) is 7.13. The number of nitrogens with zero attached hydrogens (tertiary/aromatic N) is 4. The maximum absolute atomic E-state index is 12.4. The van der Waals surface area contributed by atoms with Crippen molar-refractivity contribution in [3.05, 3.63) is 35.3 Å². The second kappa shape index (κ2) is 6.87. The fourth-order valence-corrected chi connectivity index (χ4v) is 5.37. The van der Waals surface area contributed by atoms with E-state index in [0.717, 1.165) is 62.8 Å². The number of piperazine rings is 1. The van der Waals surface area contributed by atoms with Crippen molar-refractivity contribution in [3.63, 3.8) is 0 Å². The second-order valence-corrected chi connectivity index (χ2v) is 9.17. The zero-order chi connectivity index (χ0) is 17.5. The van der Waals surface area contributed by atoms with E-state index in [2.05, 4.69) is 32.4 Å². The molecule has 5 nitrogen and oxygen atoms in total. The summed E-state index contributed by atoms with van der Waals surface area (Å²) in [6.07, 6.45) is 5.01. The molecule has 0 N–H and O–H groups in total. The van der Waals surface area contributed by atoms with Crippen LogP contribution in [0.1, 0.15) is 18.4 Å². The van der Waals surface area contributed by atoms with Crippen molar-refractivity contribution >= 4 is 40.0 Å². The first-order chi connectivity index (χ1) is 12.8.